The Hall–Kier alpha value is -3.52. The molecule has 1 unspecified atom stereocenters. The molecule has 0 amide bonds. The van der Waals surface area contributed by atoms with Gasteiger partial charge in [-0.2, -0.15) is 5.26 Å². The second-order valence-corrected chi connectivity index (χ2v) is 12.8. The van der Waals surface area contributed by atoms with Crippen LogP contribution in [0.2, 0.25) is 0 Å². The van der Waals surface area contributed by atoms with Gasteiger partial charge in [0.2, 0.25) is 0 Å². The van der Waals surface area contributed by atoms with Gasteiger partial charge >= 0.3 is 0 Å². The number of nitrogens with zero attached hydrogens (tertiary/aromatic N) is 5. The van der Waals surface area contributed by atoms with Gasteiger partial charge in [-0.05, 0) is 77.9 Å². The van der Waals surface area contributed by atoms with Crippen LogP contribution in [0, 0.1) is 23.1 Å². The number of aromatic nitrogens is 3. The minimum atomic E-state index is -3.39. The fourth-order valence-corrected chi connectivity index (χ4v) is 6.82. The lowest BCUT2D eigenvalue weighted by Crippen LogP contribution is -2.45. The number of aryl methyl sites for hydroxylation is 1. The molecular weight excluding hydrogens is 560 g/mol. The molecule has 3 aromatic rings. The highest BCUT2D eigenvalue weighted by Crippen LogP contribution is 2.47. The van der Waals surface area contributed by atoms with Crippen LogP contribution < -0.4 is 10.9 Å². The van der Waals surface area contributed by atoms with Crippen LogP contribution in [0.5, 0.6) is 0 Å². The number of benzene rings is 1. The van der Waals surface area contributed by atoms with E-state index in [0.29, 0.717) is 61.2 Å². The maximum atomic E-state index is 15.9. The van der Waals surface area contributed by atoms with Crippen LogP contribution in [-0.2, 0) is 17.9 Å². The lowest BCUT2D eigenvalue weighted by Gasteiger charge is -2.38. The lowest BCUT2D eigenvalue weighted by atomic mass is 9.84. The summed E-state index contributed by atoms with van der Waals surface area (Å²) in [6.45, 7) is 4.22. The Morgan fingerprint density at radius 3 is 2.49 bits per heavy atom. The molecule has 7 rings (SSSR count). The fourth-order valence-electron chi connectivity index (χ4n) is 6.82. The van der Waals surface area contributed by atoms with E-state index < -0.39 is 40.3 Å². The van der Waals surface area contributed by atoms with Crippen molar-refractivity contribution in [1.29, 1.82) is 5.26 Å². The van der Waals surface area contributed by atoms with Crippen molar-refractivity contribution in [3.05, 3.63) is 63.5 Å². The Bertz CT molecular complexity index is 1640. The molecule has 1 saturated carbocycles. The molecule has 2 fully saturated rings. The predicted octanol–water partition coefficient (Wildman–Crippen LogP) is 6.37. The van der Waals surface area contributed by atoms with Crippen molar-refractivity contribution in [2.24, 2.45) is 5.92 Å². The zero-order valence-electron chi connectivity index (χ0n) is 24.5. The molecule has 3 aliphatic heterocycles. The van der Waals surface area contributed by atoms with Gasteiger partial charge < -0.3 is 10.2 Å². The molecule has 1 aromatic carbocycles. The van der Waals surface area contributed by atoms with Gasteiger partial charge in [-0.1, -0.05) is 18.2 Å². The maximum Gasteiger partial charge on any atom is 0.278 e. The first kappa shape index (κ1) is 29.5. The Morgan fingerprint density at radius 2 is 1.79 bits per heavy atom. The number of alkyl halides is 3. The summed E-state index contributed by atoms with van der Waals surface area (Å²) < 4.78 is 64.7. The number of halogens is 4. The van der Waals surface area contributed by atoms with Crippen molar-refractivity contribution in [3.63, 3.8) is 0 Å². The van der Waals surface area contributed by atoms with Crippen LogP contribution in [0.4, 0.5) is 23.4 Å². The fraction of sp³-hybridized carbons (Fsp3) is 0.562. The molecule has 43 heavy (non-hydrogen) atoms. The van der Waals surface area contributed by atoms with E-state index in [-0.39, 0.29) is 43.5 Å². The summed E-state index contributed by atoms with van der Waals surface area (Å²) in [7, 11) is 0. The van der Waals surface area contributed by atoms with Gasteiger partial charge in [-0.25, -0.2) is 27.5 Å². The summed E-state index contributed by atoms with van der Waals surface area (Å²) in [5, 5.41) is 13.6. The number of pyridine rings is 1. The molecule has 1 saturated heterocycles. The summed E-state index contributed by atoms with van der Waals surface area (Å²) in [5.74, 6) is -5.12. The molecular formula is C32H36F4N6O. The third kappa shape index (κ3) is 5.39. The minimum absolute atomic E-state index is 0.0632. The van der Waals surface area contributed by atoms with Crippen LogP contribution in [0.15, 0.2) is 35.4 Å². The van der Waals surface area contributed by atoms with Gasteiger partial charge in [0.25, 0.3) is 11.5 Å². The number of hydrogen-bond donors (Lipinski definition) is 1. The monoisotopic (exact) mass is 596 g/mol. The number of anilines is 1. The number of nitrogens with one attached hydrogen (secondary N) is 1. The average Bonchev–Trinajstić information content (AvgIpc) is 3.77. The van der Waals surface area contributed by atoms with E-state index in [4.69, 9.17) is 0 Å². The molecule has 1 aliphatic carbocycles. The molecule has 2 aromatic heterocycles. The van der Waals surface area contributed by atoms with Crippen molar-refractivity contribution in [2.75, 3.05) is 25.0 Å². The topological polar surface area (TPSA) is 86.8 Å². The number of piperidine rings is 1. The normalized spacial score (nSPS) is 28.6. The Labute approximate surface area is 247 Å². The third-order valence-electron chi connectivity index (χ3n) is 9.55. The maximum absolute atomic E-state index is 15.9. The first-order valence-electron chi connectivity index (χ1n) is 15.1. The van der Waals surface area contributed by atoms with Crippen LogP contribution in [0.1, 0.15) is 81.5 Å². The Morgan fingerprint density at radius 1 is 1.05 bits per heavy atom. The molecule has 7 nitrogen and oxygen atoms in total. The van der Waals surface area contributed by atoms with Gasteiger partial charge in [-0.3, -0.25) is 9.36 Å². The minimum Gasteiger partial charge on any atom is -0.363 e. The molecule has 2 atom stereocenters. The smallest absolute Gasteiger partial charge is 0.278 e. The summed E-state index contributed by atoms with van der Waals surface area (Å²) in [6, 6.07) is 7.23. The van der Waals surface area contributed by atoms with E-state index in [0.717, 1.165) is 6.07 Å². The zero-order valence-corrected chi connectivity index (χ0v) is 24.5. The lowest BCUT2D eigenvalue weighted by molar-refractivity contribution is -0.0906. The van der Waals surface area contributed by atoms with Gasteiger partial charge in [0.15, 0.2) is 0 Å². The van der Waals surface area contributed by atoms with Gasteiger partial charge in [-0.15, -0.1) is 0 Å². The van der Waals surface area contributed by atoms with Crippen molar-refractivity contribution in [2.45, 2.75) is 88.4 Å². The average molecular weight is 597 g/mol. The van der Waals surface area contributed by atoms with E-state index in [2.05, 4.69) is 21.4 Å². The highest BCUT2D eigenvalue weighted by molar-refractivity contribution is 5.87. The quantitative estimate of drug-likeness (QED) is 0.329. The molecule has 4 aliphatic rings. The molecule has 0 spiro atoms. The largest absolute Gasteiger partial charge is 0.363 e. The Balaban J connectivity index is 1.46. The van der Waals surface area contributed by atoms with Crippen LogP contribution in [0.25, 0.3) is 11.0 Å². The van der Waals surface area contributed by atoms with Crippen molar-refractivity contribution >= 4 is 16.9 Å². The van der Waals surface area contributed by atoms with Crippen molar-refractivity contribution < 1.29 is 17.6 Å². The SMILES string of the molecule is C[C@H]1Nc2ncnc3c2cc(C2(C#N)CC2)c(=O)n3CCCCC(C)(F)CN2CCC(CC2)C(F)(F)c2cccc1c2F. The second kappa shape index (κ2) is 10.9. The summed E-state index contributed by atoms with van der Waals surface area (Å²) >= 11 is 0. The zero-order chi connectivity index (χ0) is 30.6. The molecule has 1 N–H and O–H groups in total. The third-order valence-corrected chi connectivity index (χ3v) is 9.55. The summed E-state index contributed by atoms with van der Waals surface area (Å²) in [4.78, 5) is 24.4. The molecule has 5 heterocycles. The molecule has 0 radical (unpaired) electrons. The number of fused-ring (bicyclic) bond motifs is 8. The van der Waals surface area contributed by atoms with Crippen molar-refractivity contribution in [1.82, 2.24) is 19.4 Å². The van der Waals surface area contributed by atoms with E-state index in [9.17, 15) is 10.1 Å². The highest BCUT2D eigenvalue weighted by Gasteiger charge is 2.48. The van der Waals surface area contributed by atoms with Crippen LogP contribution >= 0.6 is 0 Å². The van der Waals surface area contributed by atoms with Gasteiger partial charge in [0.05, 0.1) is 28.5 Å². The molecule has 228 valence electrons. The van der Waals surface area contributed by atoms with Crippen LogP contribution in [-0.4, -0.2) is 44.7 Å². The number of nitriles is 1. The summed E-state index contributed by atoms with van der Waals surface area (Å²) in [6.07, 6.45) is 3.95. The van der Waals surface area contributed by atoms with Crippen molar-refractivity contribution in [3.8, 4) is 6.07 Å². The molecule has 8 bridgehead atoms. The number of hydrogen-bond acceptors (Lipinski definition) is 6. The number of rotatable bonds is 1. The van der Waals surface area contributed by atoms with E-state index in [1.165, 1.54) is 30.0 Å². The van der Waals surface area contributed by atoms with E-state index >= 15 is 17.6 Å². The van der Waals surface area contributed by atoms with E-state index in [1.54, 1.807) is 13.0 Å². The molecule has 11 heteroatoms. The highest BCUT2D eigenvalue weighted by atomic mass is 19.3. The van der Waals surface area contributed by atoms with Crippen LogP contribution in [0.3, 0.4) is 0 Å². The second-order valence-electron chi connectivity index (χ2n) is 12.8. The Kier molecular flexibility index (Phi) is 7.48. The van der Waals surface area contributed by atoms with Gasteiger partial charge in [0.1, 0.15) is 29.3 Å². The standard InChI is InChI=1S/C32H36F4N6O/c1-20-22-6-5-7-24(26(22)33)32(35,36)21-8-14-41(15-9-21)18-30(2,34)10-3-4-13-42-28-23(27(40-20)38-19-39-28)16-25(29(42)43)31(17-37)11-12-31/h5-7,16,19-21H,3-4,8-15,18H2,1-2H3,(H,38,39,40)/t20-,30?/m1/s1. The first-order chi connectivity index (χ1) is 20.5. The van der Waals surface area contributed by atoms with Gasteiger partial charge in [0, 0.05) is 30.1 Å². The summed E-state index contributed by atoms with van der Waals surface area (Å²) in [5.41, 5.74) is -2.63. The van der Waals surface area contributed by atoms with E-state index in [1.807, 2.05) is 4.90 Å². The predicted molar refractivity (Wildman–Crippen MR) is 155 cm³/mol. The first-order valence-corrected chi connectivity index (χ1v) is 15.1.